The lowest BCUT2D eigenvalue weighted by molar-refractivity contribution is 0.956. The maximum atomic E-state index is 4.55. The van der Waals surface area contributed by atoms with Gasteiger partial charge in [0, 0.05) is 36.8 Å². The SMILES string of the molecule is CN(C)c1ccc(Cc2n[nH]c(SCc3cccs3)n2)cc1. The first-order valence-electron chi connectivity index (χ1n) is 7.03. The van der Waals surface area contributed by atoms with Crippen LogP contribution in [0.1, 0.15) is 16.3 Å². The largest absolute Gasteiger partial charge is 0.378 e. The lowest BCUT2D eigenvalue weighted by Gasteiger charge is -2.12. The van der Waals surface area contributed by atoms with Gasteiger partial charge in [-0.05, 0) is 29.1 Å². The molecule has 4 nitrogen and oxygen atoms in total. The third-order valence-electron chi connectivity index (χ3n) is 3.26. The van der Waals surface area contributed by atoms with Gasteiger partial charge in [0.05, 0.1) is 0 Å². The number of hydrogen-bond acceptors (Lipinski definition) is 5. The van der Waals surface area contributed by atoms with E-state index in [1.54, 1.807) is 23.1 Å². The Kier molecular flexibility index (Phi) is 4.80. The number of thiophene rings is 1. The minimum Gasteiger partial charge on any atom is -0.378 e. The van der Waals surface area contributed by atoms with Gasteiger partial charge in [-0.1, -0.05) is 30.0 Å². The van der Waals surface area contributed by atoms with Gasteiger partial charge in [-0.15, -0.1) is 11.3 Å². The second kappa shape index (κ2) is 6.98. The topological polar surface area (TPSA) is 44.8 Å². The molecule has 0 saturated carbocycles. The second-order valence-electron chi connectivity index (χ2n) is 5.16. The number of rotatable bonds is 6. The molecule has 3 rings (SSSR count). The summed E-state index contributed by atoms with van der Waals surface area (Å²) in [6.07, 6.45) is 0.754. The highest BCUT2D eigenvalue weighted by atomic mass is 32.2. The van der Waals surface area contributed by atoms with Crippen molar-refractivity contribution in [1.82, 2.24) is 15.2 Å². The molecule has 0 aliphatic rings. The number of anilines is 1. The van der Waals surface area contributed by atoms with Crippen LogP contribution in [0.2, 0.25) is 0 Å². The van der Waals surface area contributed by atoms with Crippen molar-refractivity contribution in [2.75, 3.05) is 19.0 Å². The zero-order valence-electron chi connectivity index (χ0n) is 12.6. The maximum absolute atomic E-state index is 4.55. The Morgan fingerprint density at radius 2 is 2.00 bits per heavy atom. The van der Waals surface area contributed by atoms with Crippen molar-refractivity contribution in [2.24, 2.45) is 0 Å². The normalized spacial score (nSPS) is 10.8. The van der Waals surface area contributed by atoms with Gasteiger partial charge in [-0.2, -0.15) is 5.10 Å². The van der Waals surface area contributed by atoms with Gasteiger partial charge < -0.3 is 4.90 Å². The molecule has 0 amide bonds. The van der Waals surface area contributed by atoms with Gasteiger partial charge in [-0.3, -0.25) is 5.10 Å². The Morgan fingerprint density at radius 1 is 1.18 bits per heavy atom. The van der Waals surface area contributed by atoms with Crippen LogP contribution in [0.3, 0.4) is 0 Å². The van der Waals surface area contributed by atoms with E-state index in [-0.39, 0.29) is 0 Å². The van der Waals surface area contributed by atoms with Crippen LogP contribution in [0.25, 0.3) is 0 Å². The zero-order valence-corrected chi connectivity index (χ0v) is 14.2. The van der Waals surface area contributed by atoms with Crippen molar-refractivity contribution in [3.8, 4) is 0 Å². The summed E-state index contributed by atoms with van der Waals surface area (Å²) in [6.45, 7) is 0. The number of aromatic amines is 1. The van der Waals surface area contributed by atoms with Crippen LogP contribution in [0.5, 0.6) is 0 Å². The summed E-state index contributed by atoms with van der Waals surface area (Å²) in [4.78, 5) is 8.00. The van der Waals surface area contributed by atoms with E-state index < -0.39 is 0 Å². The first kappa shape index (κ1) is 15.1. The summed E-state index contributed by atoms with van der Waals surface area (Å²) >= 11 is 3.46. The number of nitrogens with one attached hydrogen (secondary N) is 1. The molecule has 0 unspecified atom stereocenters. The van der Waals surface area contributed by atoms with Gasteiger partial charge in [-0.25, -0.2) is 4.98 Å². The average Bonchev–Trinajstić information content (AvgIpc) is 3.17. The van der Waals surface area contributed by atoms with Gasteiger partial charge >= 0.3 is 0 Å². The molecule has 0 aliphatic heterocycles. The highest BCUT2D eigenvalue weighted by Crippen LogP contribution is 2.22. The van der Waals surface area contributed by atoms with Crippen LogP contribution in [0.4, 0.5) is 5.69 Å². The molecular formula is C16H18N4S2. The summed E-state index contributed by atoms with van der Waals surface area (Å²) in [5, 5.41) is 10.3. The third-order valence-corrected chi connectivity index (χ3v) is 5.23. The molecule has 0 aliphatic carbocycles. The molecular weight excluding hydrogens is 312 g/mol. The van der Waals surface area contributed by atoms with Crippen molar-refractivity contribution in [3.05, 3.63) is 58.0 Å². The fourth-order valence-corrected chi connectivity index (χ4v) is 3.65. The Hall–Kier alpha value is -1.79. The molecule has 114 valence electrons. The molecule has 0 atom stereocenters. The van der Waals surface area contributed by atoms with Gasteiger partial charge in [0.1, 0.15) is 0 Å². The third kappa shape index (κ3) is 3.90. The molecule has 2 aromatic heterocycles. The van der Waals surface area contributed by atoms with E-state index >= 15 is 0 Å². The van der Waals surface area contributed by atoms with Gasteiger partial charge in [0.25, 0.3) is 0 Å². The number of H-pyrrole nitrogens is 1. The van der Waals surface area contributed by atoms with Crippen LogP contribution < -0.4 is 4.90 Å². The summed E-state index contributed by atoms with van der Waals surface area (Å²) in [5.74, 6) is 1.77. The average molecular weight is 330 g/mol. The number of nitrogens with zero attached hydrogens (tertiary/aromatic N) is 3. The first-order chi connectivity index (χ1) is 10.7. The minimum atomic E-state index is 0.754. The zero-order chi connectivity index (χ0) is 15.4. The molecule has 0 spiro atoms. The van der Waals surface area contributed by atoms with E-state index in [2.05, 4.69) is 61.9 Å². The summed E-state index contributed by atoms with van der Waals surface area (Å²) in [6, 6.07) is 12.7. The molecule has 6 heteroatoms. The van der Waals surface area contributed by atoms with Crippen molar-refractivity contribution in [2.45, 2.75) is 17.3 Å². The highest BCUT2D eigenvalue weighted by molar-refractivity contribution is 7.98. The monoisotopic (exact) mass is 330 g/mol. The Bertz CT molecular complexity index is 702. The van der Waals surface area contributed by atoms with Crippen LogP contribution in [-0.4, -0.2) is 29.3 Å². The lowest BCUT2D eigenvalue weighted by Crippen LogP contribution is -2.08. The lowest BCUT2D eigenvalue weighted by atomic mass is 10.1. The molecule has 0 saturated heterocycles. The number of thioether (sulfide) groups is 1. The van der Waals surface area contributed by atoms with E-state index in [0.29, 0.717) is 0 Å². The standard InChI is InChI=1S/C16H18N4S2/c1-20(2)13-7-5-12(6-8-13)10-15-17-16(19-18-15)22-11-14-4-3-9-21-14/h3-9H,10-11H2,1-2H3,(H,17,18,19). The summed E-state index contributed by atoms with van der Waals surface area (Å²) < 4.78 is 0. The second-order valence-corrected chi connectivity index (χ2v) is 7.16. The first-order valence-corrected chi connectivity index (χ1v) is 8.90. The van der Waals surface area contributed by atoms with Crippen LogP contribution in [-0.2, 0) is 12.2 Å². The quantitative estimate of drug-likeness (QED) is 0.698. The predicted molar refractivity (Wildman–Crippen MR) is 93.8 cm³/mol. The van der Waals surface area contributed by atoms with Crippen molar-refractivity contribution in [1.29, 1.82) is 0 Å². The summed E-state index contributed by atoms with van der Waals surface area (Å²) in [7, 11) is 4.09. The number of aromatic nitrogens is 3. The maximum Gasteiger partial charge on any atom is 0.184 e. The fourth-order valence-electron chi connectivity index (χ4n) is 2.05. The van der Waals surface area contributed by atoms with Crippen LogP contribution in [0, 0.1) is 0 Å². The fraction of sp³-hybridized carbons (Fsp3) is 0.250. The molecule has 0 bridgehead atoms. The highest BCUT2D eigenvalue weighted by Gasteiger charge is 2.06. The van der Waals surface area contributed by atoms with Crippen LogP contribution in [0.15, 0.2) is 46.9 Å². The molecule has 1 aromatic carbocycles. The number of benzene rings is 1. The Balaban J connectivity index is 1.59. The van der Waals surface area contributed by atoms with Crippen molar-refractivity contribution < 1.29 is 0 Å². The smallest absolute Gasteiger partial charge is 0.184 e. The predicted octanol–water partition coefficient (Wildman–Crippen LogP) is 3.82. The van der Waals surface area contributed by atoms with Gasteiger partial charge in [0.15, 0.2) is 11.0 Å². The molecule has 3 aromatic rings. The Morgan fingerprint density at radius 3 is 2.68 bits per heavy atom. The van der Waals surface area contributed by atoms with E-state index in [9.17, 15) is 0 Å². The molecule has 0 fully saturated rings. The Labute approximate surface area is 138 Å². The van der Waals surface area contributed by atoms with Gasteiger partial charge in [0.2, 0.25) is 0 Å². The number of hydrogen-bond donors (Lipinski definition) is 1. The van der Waals surface area contributed by atoms with E-state index in [1.807, 2.05) is 14.1 Å². The minimum absolute atomic E-state index is 0.754. The van der Waals surface area contributed by atoms with Crippen LogP contribution >= 0.6 is 23.1 Å². The van der Waals surface area contributed by atoms with E-state index in [4.69, 9.17) is 0 Å². The van der Waals surface area contributed by atoms with Crippen molar-refractivity contribution >= 4 is 28.8 Å². The van der Waals surface area contributed by atoms with Crippen molar-refractivity contribution in [3.63, 3.8) is 0 Å². The van der Waals surface area contributed by atoms with E-state index in [1.165, 1.54) is 16.1 Å². The molecule has 0 radical (unpaired) electrons. The molecule has 2 heterocycles. The van der Waals surface area contributed by atoms with E-state index in [0.717, 1.165) is 23.2 Å². The molecule has 1 N–H and O–H groups in total. The molecule has 22 heavy (non-hydrogen) atoms. The summed E-state index contributed by atoms with van der Waals surface area (Å²) in [5.41, 5.74) is 2.42.